The normalized spacial score (nSPS) is 19.7. The number of aliphatic hydroxyl groups is 1. The molecule has 3 rings (SSSR count). The van der Waals surface area contributed by atoms with Gasteiger partial charge >= 0.3 is 0 Å². The van der Waals surface area contributed by atoms with Crippen LogP contribution in [0.5, 0.6) is 0 Å². The van der Waals surface area contributed by atoms with E-state index in [9.17, 15) is 5.11 Å². The van der Waals surface area contributed by atoms with Crippen LogP contribution in [0.15, 0.2) is 30.3 Å². The van der Waals surface area contributed by atoms with Gasteiger partial charge < -0.3 is 9.67 Å². The first-order chi connectivity index (χ1) is 9.58. The molecular weight excluding hydrogens is 246 g/mol. The molecule has 1 heterocycles. The molecule has 1 N–H and O–H groups in total. The first-order valence-electron chi connectivity index (χ1n) is 7.53. The molecule has 0 aliphatic heterocycles. The summed E-state index contributed by atoms with van der Waals surface area (Å²) in [6, 6.07) is 11.3. The average molecular weight is 269 g/mol. The summed E-state index contributed by atoms with van der Waals surface area (Å²) in [6.45, 7) is 6.52. The van der Waals surface area contributed by atoms with Crippen molar-refractivity contribution in [2.75, 3.05) is 0 Å². The van der Waals surface area contributed by atoms with Crippen LogP contribution in [0.4, 0.5) is 0 Å². The highest BCUT2D eigenvalue weighted by Crippen LogP contribution is 2.35. The molecule has 1 aromatic heterocycles. The Bertz CT molecular complexity index is 609. The van der Waals surface area contributed by atoms with Crippen molar-refractivity contribution in [3.05, 3.63) is 58.4 Å². The first kappa shape index (κ1) is 13.4. The number of rotatable bonds is 2. The summed E-state index contributed by atoms with van der Waals surface area (Å²) in [5.41, 5.74) is 6.35. The number of aryl methyl sites for hydroxylation is 2. The van der Waals surface area contributed by atoms with Crippen molar-refractivity contribution in [2.24, 2.45) is 0 Å². The van der Waals surface area contributed by atoms with E-state index in [1.165, 1.54) is 22.5 Å². The SMILES string of the molecule is Cc1ccc(C(C)n2c(C)cc3c2CCCC3O)cc1. The smallest absolute Gasteiger partial charge is 0.0807 e. The molecule has 2 unspecified atom stereocenters. The molecule has 0 amide bonds. The van der Waals surface area contributed by atoms with Crippen LogP contribution in [0.1, 0.15) is 60.0 Å². The van der Waals surface area contributed by atoms with Crippen LogP contribution in [-0.4, -0.2) is 9.67 Å². The Morgan fingerprint density at radius 3 is 2.60 bits per heavy atom. The van der Waals surface area contributed by atoms with E-state index in [1.54, 1.807) is 0 Å². The van der Waals surface area contributed by atoms with E-state index < -0.39 is 0 Å². The van der Waals surface area contributed by atoms with Crippen molar-refractivity contribution in [1.29, 1.82) is 0 Å². The zero-order valence-corrected chi connectivity index (χ0v) is 12.6. The molecule has 20 heavy (non-hydrogen) atoms. The van der Waals surface area contributed by atoms with E-state index >= 15 is 0 Å². The summed E-state index contributed by atoms with van der Waals surface area (Å²) in [5, 5.41) is 10.2. The van der Waals surface area contributed by atoms with Gasteiger partial charge in [0.2, 0.25) is 0 Å². The predicted molar refractivity (Wildman–Crippen MR) is 82.1 cm³/mol. The Balaban J connectivity index is 2.03. The topological polar surface area (TPSA) is 25.2 Å². The van der Waals surface area contributed by atoms with Crippen LogP contribution in [0.3, 0.4) is 0 Å². The van der Waals surface area contributed by atoms with Gasteiger partial charge in [-0.15, -0.1) is 0 Å². The second kappa shape index (κ2) is 5.10. The molecule has 0 saturated heterocycles. The maximum absolute atomic E-state index is 10.2. The quantitative estimate of drug-likeness (QED) is 0.873. The zero-order valence-electron chi connectivity index (χ0n) is 12.6. The maximum atomic E-state index is 10.2. The minimum Gasteiger partial charge on any atom is -0.388 e. The van der Waals surface area contributed by atoms with Gasteiger partial charge in [0.15, 0.2) is 0 Å². The van der Waals surface area contributed by atoms with Gasteiger partial charge in [0.05, 0.1) is 12.1 Å². The molecule has 2 heteroatoms. The van der Waals surface area contributed by atoms with E-state index in [2.05, 4.69) is 55.7 Å². The first-order valence-corrected chi connectivity index (χ1v) is 7.53. The number of aromatic nitrogens is 1. The fourth-order valence-electron chi connectivity index (χ4n) is 3.43. The highest BCUT2D eigenvalue weighted by Gasteiger charge is 2.25. The summed E-state index contributed by atoms with van der Waals surface area (Å²) in [7, 11) is 0. The van der Waals surface area contributed by atoms with Crippen LogP contribution >= 0.6 is 0 Å². The molecule has 2 nitrogen and oxygen atoms in total. The van der Waals surface area contributed by atoms with Crippen molar-refractivity contribution < 1.29 is 5.11 Å². The van der Waals surface area contributed by atoms with E-state index in [-0.39, 0.29) is 6.10 Å². The molecular formula is C18H23NO. The second-order valence-electron chi connectivity index (χ2n) is 6.05. The fraction of sp³-hybridized carbons (Fsp3) is 0.444. The van der Waals surface area contributed by atoms with Gasteiger partial charge in [0.1, 0.15) is 0 Å². The van der Waals surface area contributed by atoms with Gasteiger partial charge in [-0.2, -0.15) is 0 Å². The van der Waals surface area contributed by atoms with Gasteiger partial charge in [-0.05, 0) is 51.7 Å². The summed E-state index contributed by atoms with van der Waals surface area (Å²) >= 11 is 0. The summed E-state index contributed by atoms with van der Waals surface area (Å²) < 4.78 is 2.41. The summed E-state index contributed by atoms with van der Waals surface area (Å²) in [4.78, 5) is 0. The molecule has 1 aromatic carbocycles. The fourth-order valence-corrected chi connectivity index (χ4v) is 3.43. The third-order valence-corrected chi connectivity index (χ3v) is 4.57. The van der Waals surface area contributed by atoms with Crippen LogP contribution in [-0.2, 0) is 6.42 Å². The second-order valence-corrected chi connectivity index (χ2v) is 6.05. The molecule has 0 saturated carbocycles. The van der Waals surface area contributed by atoms with Crippen molar-refractivity contribution >= 4 is 0 Å². The molecule has 1 aliphatic rings. The standard InChI is InChI=1S/C18H23NO/c1-12-7-9-15(10-8-12)14(3)19-13(2)11-16-17(19)5-4-6-18(16)20/h7-11,14,18,20H,4-6H2,1-3H3. The highest BCUT2D eigenvalue weighted by atomic mass is 16.3. The average Bonchev–Trinajstić information content (AvgIpc) is 2.77. The number of hydrogen-bond acceptors (Lipinski definition) is 1. The van der Waals surface area contributed by atoms with Crippen LogP contribution in [0, 0.1) is 13.8 Å². The van der Waals surface area contributed by atoms with Crippen LogP contribution < -0.4 is 0 Å². The minimum absolute atomic E-state index is 0.274. The van der Waals surface area contributed by atoms with Crippen molar-refractivity contribution in [3.8, 4) is 0 Å². The Morgan fingerprint density at radius 2 is 1.90 bits per heavy atom. The van der Waals surface area contributed by atoms with E-state index in [0.717, 1.165) is 24.8 Å². The van der Waals surface area contributed by atoms with Gasteiger partial charge in [-0.25, -0.2) is 0 Å². The predicted octanol–water partition coefficient (Wildman–Crippen LogP) is 4.08. The molecule has 0 spiro atoms. The van der Waals surface area contributed by atoms with Crippen LogP contribution in [0.25, 0.3) is 0 Å². The zero-order chi connectivity index (χ0) is 14.3. The molecule has 0 fully saturated rings. The van der Waals surface area contributed by atoms with E-state index in [4.69, 9.17) is 0 Å². The van der Waals surface area contributed by atoms with E-state index in [0.29, 0.717) is 6.04 Å². The lowest BCUT2D eigenvalue weighted by Crippen LogP contribution is -2.16. The lowest BCUT2D eigenvalue weighted by atomic mass is 9.94. The van der Waals surface area contributed by atoms with E-state index in [1.807, 2.05) is 0 Å². The molecule has 0 radical (unpaired) electrons. The molecule has 2 atom stereocenters. The van der Waals surface area contributed by atoms with Gasteiger partial charge in [-0.3, -0.25) is 0 Å². The van der Waals surface area contributed by atoms with Crippen molar-refractivity contribution in [1.82, 2.24) is 4.57 Å². The third kappa shape index (κ3) is 2.18. The molecule has 0 bridgehead atoms. The third-order valence-electron chi connectivity index (χ3n) is 4.57. The Kier molecular flexibility index (Phi) is 3.43. The van der Waals surface area contributed by atoms with Crippen molar-refractivity contribution in [3.63, 3.8) is 0 Å². The number of aliphatic hydroxyl groups excluding tert-OH is 1. The minimum atomic E-state index is -0.274. The Morgan fingerprint density at radius 1 is 1.20 bits per heavy atom. The summed E-state index contributed by atoms with van der Waals surface area (Å²) in [6.07, 6.45) is 2.79. The monoisotopic (exact) mass is 269 g/mol. The maximum Gasteiger partial charge on any atom is 0.0807 e. The van der Waals surface area contributed by atoms with Crippen molar-refractivity contribution in [2.45, 2.75) is 52.2 Å². The van der Waals surface area contributed by atoms with Gasteiger partial charge in [-0.1, -0.05) is 29.8 Å². The number of nitrogens with zero attached hydrogens (tertiary/aromatic N) is 1. The highest BCUT2D eigenvalue weighted by molar-refractivity contribution is 5.35. The number of hydrogen-bond donors (Lipinski definition) is 1. The lowest BCUT2D eigenvalue weighted by molar-refractivity contribution is 0.155. The lowest BCUT2D eigenvalue weighted by Gasteiger charge is -2.24. The van der Waals surface area contributed by atoms with Gasteiger partial charge in [0.25, 0.3) is 0 Å². The number of benzene rings is 1. The Hall–Kier alpha value is -1.54. The molecule has 1 aliphatic carbocycles. The van der Waals surface area contributed by atoms with Crippen LogP contribution in [0.2, 0.25) is 0 Å². The summed E-state index contributed by atoms with van der Waals surface area (Å²) in [5.74, 6) is 0. The number of fused-ring (bicyclic) bond motifs is 1. The Labute approximate surface area is 121 Å². The van der Waals surface area contributed by atoms with Gasteiger partial charge in [0, 0.05) is 17.0 Å². The molecule has 2 aromatic rings. The largest absolute Gasteiger partial charge is 0.388 e. The molecule has 106 valence electrons.